The van der Waals surface area contributed by atoms with E-state index in [1.165, 1.54) is 25.8 Å². The number of sulfonamides is 1. The Morgan fingerprint density at radius 2 is 1.97 bits per heavy atom. The van der Waals surface area contributed by atoms with Gasteiger partial charge in [-0.2, -0.15) is 0 Å². The minimum absolute atomic E-state index is 0. The van der Waals surface area contributed by atoms with Gasteiger partial charge in [0.2, 0.25) is 10.0 Å². The molecule has 2 fully saturated rings. The third-order valence-electron chi connectivity index (χ3n) is 5.63. The maximum absolute atomic E-state index is 12.2. The van der Waals surface area contributed by atoms with Crippen molar-refractivity contribution in [3.05, 3.63) is 0 Å². The van der Waals surface area contributed by atoms with Crippen LogP contribution in [0.15, 0.2) is 4.99 Å². The van der Waals surface area contributed by atoms with E-state index in [4.69, 9.17) is 4.74 Å². The molecule has 8 nitrogen and oxygen atoms in total. The molecule has 0 bridgehead atoms. The number of nitrogens with zero attached hydrogens (tertiary/aromatic N) is 2. The van der Waals surface area contributed by atoms with Crippen LogP contribution >= 0.6 is 24.0 Å². The van der Waals surface area contributed by atoms with E-state index in [0.29, 0.717) is 25.1 Å². The third kappa shape index (κ3) is 11.4. The number of guanidine groups is 1. The van der Waals surface area contributed by atoms with Crippen molar-refractivity contribution in [3.8, 4) is 0 Å². The van der Waals surface area contributed by atoms with Gasteiger partial charge in [0.05, 0.1) is 11.9 Å². The van der Waals surface area contributed by atoms with Crippen LogP contribution in [0.4, 0.5) is 0 Å². The molecule has 10 heteroatoms. The highest BCUT2D eigenvalue weighted by atomic mass is 127. The van der Waals surface area contributed by atoms with E-state index in [-0.39, 0.29) is 35.8 Å². The van der Waals surface area contributed by atoms with E-state index in [2.05, 4.69) is 32.2 Å². The van der Waals surface area contributed by atoms with Gasteiger partial charge in [0.15, 0.2) is 5.96 Å². The second kappa shape index (κ2) is 15.6. The van der Waals surface area contributed by atoms with Gasteiger partial charge in [-0.1, -0.05) is 6.42 Å². The third-order valence-corrected chi connectivity index (χ3v) is 6.97. The molecule has 2 rings (SSSR count). The largest absolute Gasteiger partial charge is 0.377 e. The number of likely N-dealkylation sites (tertiary alicyclic amines) is 1. The molecular formula is C20H42IN5O3S. The van der Waals surface area contributed by atoms with Gasteiger partial charge in [0.1, 0.15) is 0 Å². The van der Waals surface area contributed by atoms with E-state index in [1.54, 1.807) is 0 Å². The normalized spacial score (nSPS) is 23.6. The molecule has 0 spiro atoms. The minimum atomic E-state index is -3.32. The second-order valence-electron chi connectivity index (χ2n) is 8.08. The summed E-state index contributed by atoms with van der Waals surface area (Å²) in [5.41, 5.74) is 0. The van der Waals surface area contributed by atoms with Gasteiger partial charge in [-0.25, -0.2) is 13.1 Å². The molecular weight excluding hydrogens is 517 g/mol. The van der Waals surface area contributed by atoms with Crippen LogP contribution in [0, 0.1) is 0 Å². The number of aliphatic imine (C=N–C) groups is 1. The fourth-order valence-electron chi connectivity index (χ4n) is 3.86. The Labute approximate surface area is 200 Å². The Morgan fingerprint density at radius 1 is 1.17 bits per heavy atom. The van der Waals surface area contributed by atoms with Gasteiger partial charge < -0.3 is 20.3 Å². The summed E-state index contributed by atoms with van der Waals surface area (Å²) in [6, 6.07) is 0.677. The number of nitrogens with one attached hydrogen (secondary N) is 3. The van der Waals surface area contributed by atoms with Crippen LogP contribution in [-0.4, -0.2) is 83.1 Å². The summed E-state index contributed by atoms with van der Waals surface area (Å²) >= 11 is 0. The lowest BCUT2D eigenvalue weighted by atomic mass is 10.0. The van der Waals surface area contributed by atoms with E-state index in [1.807, 2.05) is 6.92 Å². The summed E-state index contributed by atoms with van der Waals surface area (Å²) in [5, 5.41) is 6.33. The van der Waals surface area contributed by atoms with Crippen LogP contribution in [0.25, 0.3) is 0 Å². The maximum Gasteiger partial charge on any atom is 0.213 e. The average Bonchev–Trinajstić information content (AvgIpc) is 2.71. The molecule has 0 radical (unpaired) electrons. The summed E-state index contributed by atoms with van der Waals surface area (Å²) in [4.78, 5) is 7.14. The molecule has 2 aliphatic rings. The first-order valence-corrected chi connectivity index (χ1v) is 13.0. The number of hydrogen-bond acceptors (Lipinski definition) is 5. The van der Waals surface area contributed by atoms with Gasteiger partial charge in [0.25, 0.3) is 0 Å². The smallest absolute Gasteiger partial charge is 0.213 e. The lowest BCUT2D eigenvalue weighted by Crippen LogP contribution is -2.42. The summed E-state index contributed by atoms with van der Waals surface area (Å²) in [6.45, 7) is 9.50. The zero-order chi connectivity index (χ0) is 21.0. The van der Waals surface area contributed by atoms with Crippen LogP contribution < -0.4 is 15.4 Å². The van der Waals surface area contributed by atoms with Crippen molar-refractivity contribution in [2.24, 2.45) is 4.99 Å². The zero-order valence-corrected chi connectivity index (χ0v) is 21.8. The molecule has 2 saturated heterocycles. The van der Waals surface area contributed by atoms with E-state index < -0.39 is 10.0 Å². The fraction of sp³-hybridized carbons (Fsp3) is 0.950. The first-order chi connectivity index (χ1) is 14.0. The molecule has 0 saturated carbocycles. The molecule has 2 aliphatic heterocycles. The number of hydrogen-bond donors (Lipinski definition) is 3. The van der Waals surface area contributed by atoms with Crippen LogP contribution in [0.5, 0.6) is 0 Å². The van der Waals surface area contributed by atoms with Crippen molar-refractivity contribution < 1.29 is 13.2 Å². The van der Waals surface area contributed by atoms with Crippen molar-refractivity contribution in [3.63, 3.8) is 0 Å². The number of rotatable bonds is 11. The molecule has 0 aromatic carbocycles. The quantitative estimate of drug-likeness (QED) is 0.155. The highest BCUT2D eigenvalue weighted by molar-refractivity contribution is 14.0. The Bertz CT molecular complexity index is 585. The van der Waals surface area contributed by atoms with Crippen LogP contribution in [-0.2, 0) is 14.8 Å². The molecule has 0 aromatic rings. The molecule has 178 valence electrons. The molecule has 2 atom stereocenters. The van der Waals surface area contributed by atoms with Crippen molar-refractivity contribution in [1.82, 2.24) is 20.3 Å². The van der Waals surface area contributed by atoms with Crippen molar-refractivity contribution >= 4 is 40.0 Å². The topological polar surface area (TPSA) is 95.1 Å². The first kappa shape index (κ1) is 27.9. The average molecular weight is 560 g/mol. The predicted octanol–water partition coefficient (Wildman–Crippen LogP) is 1.91. The monoisotopic (exact) mass is 559 g/mol. The van der Waals surface area contributed by atoms with Gasteiger partial charge in [-0.05, 0) is 58.9 Å². The Balaban J connectivity index is 0.00000450. The standard InChI is InChI=1S/C20H41N5O3S.HI/c1-3-21-20(22-11-8-14-25-13-6-4-9-18(25)2)23-12-16-29(26,27)24-17-19-10-5-7-15-28-19;/h18-19,24H,3-17H2,1-2H3,(H2,21,22,23);1H. The van der Waals surface area contributed by atoms with Gasteiger partial charge >= 0.3 is 0 Å². The zero-order valence-electron chi connectivity index (χ0n) is 18.7. The fourth-order valence-corrected chi connectivity index (χ4v) is 4.82. The first-order valence-electron chi connectivity index (χ1n) is 11.4. The maximum atomic E-state index is 12.2. The van der Waals surface area contributed by atoms with Crippen LogP contribution in [0.2, 0.25) is 0 Å². The lowest BCUT2D eigenvalue weighted by Gasteiger charge is -2.33. The van der Waals surface area contributed by atoms with Gasteiger partial charge in [-0.3, -0.25) is 4.99 Å². The SMILES string of the molecule is CCNC(=NCCCN1CCCCC1C)NCCS(=O)(=O)NCC1CCCCO1.I. The highest BCUT2D eigenvalue weighted by Gasteiger charge is 2.18. The molecule has 2 heterocycles. The van der Waals surface area contributed by atoms with Crippen LogP contribution in [0.1, 0.15) is 58.8 Å². The second-order valence-corrected chi connectivity index (χ2v) is 10.0. The van der Waals surface area contributed by atoms with Crippen LogP contribution in [0.3, 0.4) is 0 Å². The molecule has 0 amide bonds. The minimum Gasteiger partial charge on any atom is -0.377 e. The molecule has 30 heavy (non-hydrogen) atoms. The van der Waals surface area contributed by atoms with Crippen molar-refractivity contribution in [2.45, 2.75) is 70.9 Å². The highest BCUT2D eigenvalue weighted by Crippen LogP contribution is 2.16. The van der Waals surface area contributed by atoms with Gasteiger partial charge in [0, 0.05) is 45.4 Å². The summed E-state index contributed by atoms with van der Waals surface area (Å²) in [6.07, 6.45) is 8.06. The Morgan fingerprint density at radius 3 is 2.67 bits per heavy atom. The predicted molar refractivity (Wildman–Crippen MR) is 134 cm³/mol. The van der Waals surface area contributed by atoms with E-state index in [9.17, 15) is 8.42 Å². The van der Waals surface area contributed by atoms with E-state index >= 15 is 0 Å². The molecule has 0 aliphatic carbocycles. The van der Waals surface area contributed by atoms with E-state index in [0.717, 1.165) is 51.9 Å². The summed E-state index contributed by atoms with van der Waals surface area (Å²) < 4.78 is 32.7. The number of ether oxygens (including phenoxy) is 1. The molecule has 2 unspecified atom stereocenters. The Hall–Kier alpha value is -0.170. The number of halogens is 1. The number of piperidine rings is 1. The summed E-state index contributed by atoms with van der Waals surface area (Å²) in [7, 11) is -3.32. The molecule has 0 aromatic heterocycles. The molecule has 3 N–H and O–H groups in total. The Kier molecular flexibility index (Phi) is 14.5. The van der Waals surface area contributed by atoms with Gasteiger partial charge in [-0.15, -0.1) is 24.0 Å². The lowest BCUT2D eigenvalue weighted by molar-refractivity contribution is 0.0200. The van der Waals surface area contributed by atoms with Crippen molar-refractivity contribution in [1.29, 1.82) is 0 Å². The summed E-state index contributed by atoms with van der Waals surface area (Å²) in [5.74, 6) is 0.708. The van der Waals surface area contributed by atoms with Crippen molar-refractivity contribution in [2.75, 3.05) is 51.6 Å².